The maximum atomic E-state index is 13.6. The molecule has 1 atom stereocenters. The third-order valence-corrected chi connectivity index (χ3v) is 3.57. The number of hydrogen-bond acceptors (Lipinski definition) is 6. The SMILES string of the molecule is O=C(/C=C/C[C@H](OC(=O)NC(=O)c1ccccc1)c1ccc(O)c(F)c1)NO. The van der Waals surface area contributed by atoms with Crippen molar-refractivity contribution in [3.8, 4) is 5.75 Å². The summed E-state index contributed by atoms with van der Waals surface area (Å²) in [7, 11) is 0. The minimum absolute atomic E-state index is 0.0649. The predicted molar refractivity (Wildman–Crippen MR) is 94.9 cm³/mol. The fraction of sp³-hybridized carbons (Fsp3) is 0.105. The first-order valence-electron chi connectivity index (χ1n) is 8.06. The van der Waals surface area contributed by atoms with Crippen LogP contribution in [0.5, 0.6) is 5.75 Å². The van der Waals surface area contributed by atoms with Crippen LogP contribution in [-0.4, -0.2) is 28.2 Å². The smallest absolute Gasteiger partial charge is 0.414 e. The second-order valence-corrected chi connectivity index (χ2v) is 5.54. The van der Waals surface area contributed by atoms with Gasteiger partial charge < -0.3 is 9.84 Å². The zero-order valence-electron chi connectivity index (χ0n) is 14.5. The summed E-state index contributed by atoms with van der Waals surface area (Å²) in [6.07, 6.45) is 0.0617. The maximum absolute atomic E-state index is 13.6. The van der Waals surface area contributed by atoms with E-state index in [0.29, 0.717) is 0 Å². The number of halogens is 1. The Bertz CT molecular complexity index is 885. The molecule has 2 aromatic carbocycles. The van der Waals surface area contributed by atoms with Crippen LogP contribution < -0.4 is 10.8 Å². The average molecular weight is 388 g/mol. The molecular formula is C19H17FN2O6. The van der Waals surface area contributed by atoms with Crippen LogP contribution in [0.1, 0.15) is 28.4 Å². The third-order valence-electron chi connectivity index (χ3n) is 3.57. The van der Waals surface area contributed by atoms with E-state index in [1.165, 1.54) is 29.8 Å². The number of benzene rings is 2. The number of hydrogen-bond donors (Lipinski definition) is 4. The Morgan fingerprint density at radius 1 is 1.14 bits per heavy atom. The van der Waals surface area contributed by atoms with Crippen LogP contribution in [0.15, 0.2) is 60.7 Å². The number of alkyl carbamates (subject to hydrolysis) is 1. The second-order valence-electron chi connectivity index (χ2n) is 5.54. The van der Waals surface area contributed by atoms with Crippen LogP contribution in [0, 0.1) is 5.82 Å². The lowest BCUT2D eigenvalue weighted by molar-refractivity contribution is -0.124. The number of rotatable bonds is 6. The Morgan fingerprint density at radius 3 is 2.50 bits per heavy atom. The van der Waals surface area contributed by atoms with Gasteiger partial charge in [0.1, 0.15) is 6.10 Å². The van der Waals surface area contributed by atoms with Crippen molar-refractivity contribution >= 4 is 17.9 Å². The first kappa shape index (κ1) is 20.6. The molecule has 9 heteroatoms. The van der Waals surface area contributed by atoms with Crippen molar-refractivity contribution in [1.82, 2.24) is 10.8 Å². The molecule has 4 N–H and O–H groups in total. The fourth-order valence-corrected chi connectivity index (χ4v) is 2.22. The van der Waals surface area contributed by atoms with Crippen molar-refractivity contribution < 1.29 is 33.8 Å². The molecule has 0 aliphatic rings. The molecule has 2 aromatic rings. The van der Waals surface area contributed by atoms with Gasteiger partial charge in [0, 0.05) is 18.1 Å². The normalized spacial score (nSPS) is 11.6. The van der Waals surface area contributed by atoms with Gasteiger partial charge in [-0.05, 0) is 29.8 Å². The maximum Gasteiger partial charge on any atom is 0.414 e. The number of phenols is 1. The molecule has 0 heterocycles. The zero-order chi connectivity index (χ0) is 20.5. The lowest BCUT2D eigenvalue weighted by Crippen LogP contribution is -2.32. The van der Waals surface area contributed by atoms with Crippen LogP contribution in [0.2, 0.25) is 0 Å². The molecule has 28 heavy (non-hydrogen) atoms. The summed E-state index contributed by atoms with van der Waals surface area (Å²) in [5.41, 5.74) is 1.83. The Labute approximate surface area is 159 Å². The van der Waals surface area contributed by atoms with Crippen molar-refractivity contribution in [2.75, 3.05) is 0 Å². The summed E-state index contributed by atoms with van der Waals surface area (Å²) < 4.78 is 18.8. The highest BCUT2D eigenvalue weighted by molar-refractivity contribution is 6.02. The quantitative estimate of drug-likeness (QED) is 0.342. The molecular weight excluding hydrogens is 371 g/mol. The summed E-state index contributed by atoms with van der Waals surface area (Å²) in [6.45, 7) is 0. The summed E-state index contributed by atoms with van der Waals surface area (Å²) in [5, 5.41) is 19.8. The number of carbonyl (C=O) groups is 3. The monoisotopic (exact) mass is 388 g/mol. The van der Waals surface area contributed by atoms with E-state index in [1.54, 1.807) is 18.2 Å². The summed E-state index contributed by atoms with van der Waals surface area (Å²) >= 11 is 0. The van der Waals surface area contributed by atoms with Crippen molar-refractivity contribution in [2.24, 2.45) is 0 Å². The molecule has 0 bridgehead atoms. The van der Waals surface area contributed by atoms with Crippen LogP contribution in [0.4, 0.5) is 9.18 Å². The number of ether oxygens (including phenoxy) is 1. The van der Waals surface area contributed by atoms with E-state index >= 15 is 0 Å². The second kappa shape index (κ2) is 9.83. The zero-order valence-corrected chi connectivity index (χ0v) is 14.5. The number of imide groups is 1. The molecule has 0 aromatic heterocycles. The number of amides is 3. The Kier molecular flexibility index (Phi) is 7.23. The van der Waals surface area contributed by atoms with E-state index in [2.05, 4.69) is 0 Å². The summed E-state index contributed by atoms with van der Waals surface area (Å²) in [4.78, 5) is 35.1. The standard InChI is InChI=1S/C19H17FN2O6/c20-14-11-13(9-10-15(14)23)16(7-4-8-17(24)22-27)28-19(26)21-18(25)12-5-2-1-3-6-12/h1-6,8-11,16,23,27H,7H2,(H,22,24)(H,21,25,26)/b8-4+/t16-/m0/s1. The van der Waals surface area contributed by atoms with Crippen molar-refractivity contribution in [1.29, 1.82) is 0 Å². The lowest BCUT2D eigenvalue weighted by atomic mass is 10.1. The number of carbonyl (C=O) groups excluding carboxylic acids is 3. The van der Waals surface area contributed by atoms with Gasteiger partial charge >= 0.3 is 6.09 Å². The van der Waals surface area contributed by atoms with E-state index in [1.807, 2.05) is 5.32 Å². The fourth-order valence-electron chi connectivity index (χ4n) is 2.22. The third kappa shape index (κ3) is 5.92. The van der Waals surface area contributed by atoms with Gasteiger partial charge in [0.2, 0.25) is 0 Å². The molecule has 0 aliphatic heterocycles. The molecule has 0 saturated carbocycles. The highest BCUT2D eigenvalue weighted by Crippen LogP contribution is 2.26. The average Bonchev–Trinajstić information content (AvgIpc) is 2.69. The largest absolute Gasteiger partial charge is 0.505 e. The Balaban J connectivity index is 2.12. The van der Waals surface area contributed by atoms with Crippen LogP contribution in [0.3, 0.4) is 0 Å². The van der Waals surface area contributed by atoms with E-state index in [0.717, 1.165) is 18.2 Å². The summed E-state index contributed by atoms with van der Waals surface area (Å²) in [5.74, 6) is -3.00. The minimum Gasteiger partial charge on any atom is -0.505 e. The van der Waals surface area contributed by atoms with Gasteiger partial charge in [0.25, 0.3) is 11.8 Å². The van der Waals surface area contributed by atoms with E-state index in [4.69, 9.17) is 9.94 Å². The molecule has 0 radical (unpaired) electrons. The lowest BCUT2D eigenvalue weighted by Gasteiger charge is -2.17. The number of hydroxylamine groups is 1. The van der Waals surface area contributed by atoms with E-state index in [-0.39, 0.29) is 17.5 Å². The molecule has 2 rings (SSSR count). The van der Waals surface area contributed by atoms with Crippen LogP contribution in [0.25, 0.3) is 0 Å². The van der Waals surface area contributed by atoms with Gasteiger partial charge in [-0.1, -0.05) is 30.3 Å². The molecule has 146 valence electrons. The van der Waals surface area contributed by atoms with Gasteiger partial charge in [-0.3, -0.25) is 20.1 Å². The van der Waals surface area contributed by atoms with E-state index in [9.17, 15) is 23.9 Å². The van der Waals surface area contributed by atoms with Crippen molar-refractivity contribution in [3.05, 3.63) is 77.6 Å². The Hall–Kier alpha value is -3.72. The van der Waals surface area contributed by atoms with Crippen LogP contribution in [-0.2, 0) is 9.53 Å². The molecule has 0 fully saturated rings. The highest BCUT2D eigenvalue weighted by atomic mass is 19.1. The van der Waals surface area contributed by atoms with Gasteiger partial charge in [-0.15, -0.1) is 0 Å². The minimum atomic E-state index is -1.08. The predicted octanol–water partition coefficient (Wildman–Crippen LogP) is 2.59. The Morgan fingerprint density at radius 2 is 1.86 bits per heavy atom. The number of phenolic OH excluding ortho intramolecular Hbond substituents is 1. The van der Waals surface area contributed by atoms with Crippen molar-refractivity contribution in [3.63, 3.8) is 0 Å². The van der Waals surface area contributed by atoms with Gasteiger partial charge in [0.15, 0.2) is 11.6 Å². The molecule has 0 saturated heterocycles. The van der Waals surface area contributed by atoms with Crippen LogP contribution >= 0.6 is 0 Å². The number of nitrogens with one attached hydrogen (secondary N) is 2. The van der Waals surface area contributed by atoms with Gasteiger partial charge in [-0.25, -0.2) is 14.7 Å². The van der Waals surface area contributed by atoms with Crippen molar-refractivity contribution in [2.45, 2.75) is 12.5 Å². The van der Waals surface area contributed by atoms with Gasteiger partial charge in [0.05, 0.1) is 0 Å². The molecule has 0 spiro atoms. The molecule has 8 nitrogen and oxygen atoms in total. The first-order valence-corrected chi connectivity index (χ1v) is 8.06. The van der Waals surface area contributed by atoms with E-state index < -0.39 is 35.6 Å². The molecule has 3 amide bonds. The molecule has 0 unspecified atom stereocenters. The topological polar surface area (TPSA) is 125 Å². The first-order chi connectivity index (χ1) is 13.4. The highest BCUT2D eigenvalue weighted by Gasteiger charge is 2.19. The molecule has 0 aliphatic carbocycles. The number of aromatic hydroxyl groups is 1. The van der Waals surface area contributed by atoms with Gasteiger partial charge in [-0.2, -0.15) is 0 Å². The summed E-state index contributed by atoms with van der Waals surface area (Å²) in [6, 6.07) is 11.3.